The summed E-state index contributed by atoms with van der Waals surface area (Å²) in [7, 11) is 0. The number of aliphatic carboxylic acids is 1. The normalized spacial score (nSPS) is 18.7. The molecule has 0 amide bonds. The number of nitrogens with zero attached hydrogens (tertiary/aromatic N) is 1. The molecule has 88 valence electrons. The predicted octanol–water partition coefficient (Wildman–Crippen LogP) is 2.18. The highest BCUT2D eigenvalue weighted by Crippen LogP contribution is 2.36. The Morgan fingerprint density at radius 1 is 1.69 bits per heavy atom. The third kappa shape index (κ3) is 2.25. The van der Waals surface area contributed by atoms with E-state index in [4.69, 9.17) is 9.84 Å². The van der Waals surface area contributed by atoms with Crippen LogP contribution in [0.5, 0.6) is 0 Å². The van der Waals surface area contributed by atoms with Gasteiger partial charge in [-0.2, -0.15) is 0 Å². The van der Waals surface area contributed by atoms with Gasteiger partial charge < -0.3 is 9.84 Å². The average Bonchev–Trinajstić information content (AvgIpc) is 2.76. The molecule has 1 atom stereocenters. The summed E-state index contributed by atoms with van der Waals surface area (Å²) in [6.45, 7) is 3.30. The Kier molecular flexibility index (Phi) is 3.56. The van der Waals surface area contributed by atoms with Crippen LogP contribution in [-0.4, -0.2) is 22.7 Å². The Labute approximate surface area is 98.3 Å². The van der Waals surface area contributed by atoms with Gasteiger partial charge in [0.1, 0.15) is 10.9 Å². The Bertz CT molecular complexity index is 389. The van der Waals surface area contributed by atoms with E-state index < -0.39 is 11.9 Å². The molecule has 0 spiro atoms. The Balaban J connectivity index is 2.04. The van der Waals surface area contributed by atoms with Gasteiger partial charge in [-0.3, -0.25) is 4.79 Å². The fourth-order valence-corrected chi connectivity index (χ4v) is 2.97. The van der Waals surface area contributed by atoms with E-state index in [0.717, 1.165) is 35.0 Å². The molecule has 0 radical (unpaired) electrons. The van der Waals surface area contributed by atoms with Crippen molar-refractivity contribution in [2.24, 2.45) is 0 Å². The summed E-state index contributed by atoms with van der Waals surface area (Å²) in [5.74, 6) is -1.16. The minimum atomic E-state index is -0.759. The van der Waals surface area contributed by atoms with Crippen molar-refractivity contribution >= 4 is 17.3 Å². The SMILES string of the molecule is CCCOCc1nc2c(s1)CCC2C(=O)O. The first-order chi connectivity index (χ1) is 7.72. The molecule has 0 saturated heterocycles. The second-order valence-corrected chi connectivity index (χ2v) is 5.07. The van der Waals surface area contributed by atoms with Crippen molar-refractivity contribution in [3.8, 4) is 0 Å². The van der Waals surface area contributed by atoms with E-state index in [-0.39, 0.29) is 0 Å². The first-order valence-corrected chi connectivity index (χ1v) is 6.33. The molecule has 5 heteroatoms. The largest absolute Gasteiger partial charge is 0.481 e. The fourth-order valence-electron chi connectivity index (χ4n) is 1.88. The maximum absolute atomic E-state index is 11.0. The van der Waals surface area contributed by atoms with Crippen molar-refractivity contribution in [1.29, 1.82) is 0 Å². The van der Waals surface area contributed by atoms with Crippen LogP contribution in [0.15, 0.2) is 0 Å². The van der Waals surface area contributed by atoms with Crippen LogP contribution in [0, 0.1) is 0 Å². The second kappa shape index (κ2) is 4.93. The van der Waals surface area contributed by atoms with Crippen LogP contribution in [0.4, 0.5) is 0 Å². The maximum atomic E-state index is 11.0. The summed E-state index contributed by atoms with van der Waals surface area (Å²) >= 11 is 1.59. The number of carbonyl (C=O) groups is 1. The number of carboxylic acid groups (broad SMARTS) is 1. The van der Waals surface area contributed by atoms with Crippen molar-refractivity contribution in [1.82, 2.24) is 4.98 Å². The molecule has 1 aromatic heterocycles. The number of ether oxygens (including phenoxy) is 1. The van der Waals surface area contributed by atoms with Crippen LogP contribution in [0.1, 0.15) is 41.3 Å². The number of aryl methyl sites for hydroxylation is 1. The summed E-state index contributed by atoms with van der Waals surface area (Å²) in [5, 5.41) is 9.92. The molecule has 1 aliphatic carbocycles. The zero-order valence-corrected chi connectivity index (χ0v) is 10.0. The number of rotatable bonds is 5. The molecule has 4 nitrogen and oxygen atoms in total. The second-order valence-electron chi connectivity index (χ2n) is 3.90. The van der Waals surface area contributed by atoms with Crippen LogP contribution in [0.2, 0.25) is 0 Å². The minimum Gasteiger partial charge on any atom is -0.481 e. The van der Waals surface area contributed by atoms with Gasteiger partial charge in [0, 0.05) is 11.5 Å². The van der Waals surface area contributed by atoms with E-state index in [0.29, 0.717) is 13.0 Å². The van der Waals surface area contributed by atoms with E-state index in [2.05, 4.69) is 11.9 Å². The van der Waals surface area contributed by atoms with Gasteiger partial charge >= 0.3 is 5.97 Å². The molecular weight excluding hydrogens is 226 g/mol. The molecule has 1 unspecified atom stereocenters. The highest BCUT2D eigenvalue weighted by molar-refractivity contribution is 7.11. The third-order valence-corrected chi connectivity index (χ3v) is 3.74. The number of aromatic nitrogens is 1. The van der Waals surface area contributed by atoms with Gasteiger partial charge in [-0.15, -0.1) is 11.3 Å². The van der Waals surface area contributed by atoms with Gasteiger partial charge in [0.05, 0.1) is 12.3 Å². The molecule has 16 heavy (non-hydrogen) atoms. The molecule has 0 aromatic carbocycles. The van der Waals surface area contributed by atoms with Crippen LogP contribution in [0.25, 0.3) is 0 Å². The van der Waals surface area contributed by atoms with Crippen LogP contribution >= 0.6 is 11.3 Å². The lowest BCUT2D eigenvalue weighted by Gasteiger charge is -2.01. The number of thiazole rings is 1. The highest BCUT2D eigenvalue weighted by atomic mass is 32.1. The van der Waals surface area contributed by atoms with Crippen molar-refractivity contribution < 1.29 is 14.6 Å². The first-order valence-electron chi connectivity index (χ1n) is 5.51. The summed E-state index contributed by atoms with van der Waals surface area (Å²) < 4.78 is 5.40. The summed E-state index contributed by atoms with van der Waals surface area (Å²) in [4.78, 5) is 16.5. The Hall–Kier alpha value is -0.940. The minimum absolute atomic E-state index is 0.397. The standard InChI is InChI=1S/C11H15NO3S/c1-2-5-15-6-9-12-10-7(11(13)14)3-4-8(10)16-9/h7H,2-6H2,1H3,(H,13,14). The van der Waals surface area contributed by atoms with E-state index >= 15 is 0 Å². The number of fused-ring (bicyclic) bond motifs is 1. The number of carboxylic acids is 1. The van der Waals surface area contributed by atoms with Gasteiger partial charge in [0.25, 0.3) is 0 Å². The summed E-state index contributed by atoms with van der Waals surface area (Å²) in [5.41, 5.74) is 0.771. The lowest BCUT2D eigenvalue weighted by molar-refractivity contribution is -0.138. The zero-order chi connectivity index (χ0) is 11.5. The van der Waals surface area contributed by atoms with Gasteiger partial charge in [0.15, 0.2) is 0 Å². The van der Waals surface area contributed by atoms with Crippen LogP contribution in [0.3, 0.4) is 0 Å². The topological polar surface area (TPSA) is 59.4 Å². The quantitative estimate of drug-likeness (QED) is 0.803. The lowest BCUT2D eigenvalue weighted by atomic mass is 10.1. The van der Waals surface area contributed by atoms with E-state index in [1.807, 2.05) is 0 Å². The Morgan fingerprint density at radius 2 is 2.50 bits per heavy atom. The van der Waals surface area contributed by atoms with Crippen molar-refractivity contribution in [2.75, 3.05) is 6.61 Å². The molecule has 1 aromatic rings. The smallest absolute Gasteiger partial charge is 0.312 e. The van der Waals surface area contributed by atoms with Crippen LogP contribution in [-0.2, 0) is 22.6 Å². The molecule has 1 N–H and O–H groups in total. The highest BCUT2D eigenvalue weighted by Gasteiger charge is 2.32. The van der Waals surface area contributed by atoms with Crippen LogP contribution < -0.4 is 0 Å². The molecule has 2 rings (SSSR count). The molecule has 0 aliphatic heterocycles. The first kappa shape index (κ1) is 11.5. The van der Waals surface area contributed by atoms with Gasteiger partial charge in [-0.05, 0) is 19.3 Å². The van der Waals surface area contributed by atoms with Gasteiger partial charge in [0.2, 0.25) is 0 Å². The molecule has 0 bridgehead atoms. The summed E-state index contributed by atoms with van der Waals surface area (Å²) in [6, 6.07) is 0. The van der Waals surface area contributed by atoms with E-state index in [1.165, 1.54) is 0 Å². The van der Waals surface area contributed by atoms with Gasteiger partial charge in [-0.25, -0.2) is 4.98 Å². The van der Waals surface area contributed by atoms with E-state index in [9.17, 15) is 4.79 Å². The molecule has 0 saturated carbocycles. The van der Waals surface area contributed by atoms with Crippen molar-refractivity contribution in [2.45, 2.75) is 38.7 Å². The zero-order valence-electron chi connectivity index (χ0n) is 9.23. The van der Waals surface area contributed by atoms with Gasteiger partial charge in [-0.1, -0.05) is 6.92 Å². The van der Waals surface area contributed by atoms with Crippen molar-refractivity contribution in [3.63, 3.8) is 0 Å². The number of hydrogen-bond acceptors (Lipinski definition) is 4. The average molecular weight is 241 g/mol. The predicted molar refractivity (Wildman–Crippen MR) is 60.8 cm³/mol. The lowest BCUT2D eigenvalue weighted by Crippen LogP contribution is -2.08. The molecular formula is C11H15NO3S. The molecule has 1 aliphatic rings. The molecule has 1 heterocycles. The fraction of sp³-hybridized carbons (Fsp3) is 0.636. The number of hydrogen-bond donors (Lipinski definition) is 1. The molecule has 0 fully saturated rings. The van der Waals surface area contributed by atoms with Crippen molar-refractivity contribution in [3.05, 3.63) is 15.6 Å². The Morgan fingerprint density at radius 3 is 3.19 bits per heavy atom. The summed E-state index contributed by atoms with van der Waals surface area (Å²) in [6.07, 6.45) is 2.53. The monoisotopic (exact) mass is 241 g/mol. The maximum Gasteiger partial charge on any atom is 0.312 e. The van der Waals surface area contributed by atoms with E-state index in [1.54, 1.807) is 11.3 Å². The third-order valence-electron chi connectivity index (χ3n) is 2.63.